The number of nitrogens with zero attached hydrogens (tertiary/aromatic N) is 3. The molecule has 33 heavy (non-hydrogen) atoms. The molecule has 0 aliphatic heterocycles. The van der Waals surface area contributed by atoms with Gasteiger partial charge in [-0.05, 0) is 30.5 Å². The molecule has 1 aliphatic rings. The van der Waals surface area contributed by atoms with E-state index >= 15 is 0 Å². The second-order valence-electron chi connectivity index (χ2n) is 9.82. The first kappa shape index (κ1) is 23.5. The first-order chi connectivity index (χ1) is 16.0. The van der Waals surface area contributed by atoms with E-state index in [0.29, 0.717) is 29.3 Å². The van der Waals surface area contributed by atoms with Crippen molar-refractivity contribution in [3.05, 3.63) is 77.9 Å². The average Bonchev–Trinajstić information content (AvgIpc) is 3.31. The maximum Gasteiger partial charge on any atom is 0.263 e. The average molecular weight is 451 g/mol. The minimum atomic E-state index is -1.24. The van der Waals surface area contributed by atoms with Gasteiger partial charge in [0, 0.05) is 12.3 Å². The van der Waals surface area contributed by atoms with Gasteiger partial charge in [-0.2, -0.15) is 4.98 Å². The minimum absolute atomic E-state index is 0.0829. The lowest BCUT2D eigenvalue weighted by Crippen LogP contribution is -2.41. The monoisotopic (exact) mass is 450 g/mol. The van der Waals surface area contributed by atoms with E-state index in [2.05, 4.69) is 19.3 Å². The summed E-state index contributed by atoms with van der Waals surface area (Å²) >= 11 is 0. The number of aromatic nitrogens is 2. The summed E-state index contributed by atoms with van der Waals surface area (Å²) in [5.74, 6) is 1.93. The normalized spacial score (nSPS) is 16.9. The lowest BCUT2D eigenvalue weighted by molar-refractivity contribution is -0.904. The van der Waals surface area contributed by atoms with Crippen LogP contribution in [0.4, 0.5) is 0 Å². The maximum absolute atomic E-state index is 12.0. The standard InChI is InChI=1S/C27H36N3O3/c1-30(2,19-12-20-32-24-17-10-5-11-18-24)21-25-28-26(33-29-25)27(31,22-13-6-3-7-14-22)23-15-8-4-9-16-23/h3,5-7,10-11,13-14,17-18,23,31H,4,8-9,12,15-16,19-21H2,1-2H3/q+1. The molecule has 0 saturated heterocycles. The van der Waals surface area contributed by atoms with E-state index in [9.17, 15) is 5.11 Å². The van der Waals surface area contributed by atoms with Crippen LogP contribution < -0.4 is 4.74 Å². The molecule has 0 radical (unpaired) electrons. The molecule has 4 rings (SSSR count). The van der Waals surface area contributed by atoms with Crippen LogP contribution in [0.25, 0.3) is 0 Å². The molecule has 0 bridgehead atoms. The van der Waals surface area contributed by atoms with Crippen molar-refractivity contribution in [3.63, 3.8) is 0 Å². The summed E-state index contributed by atoms with van der Waals surface area (Å²) in [6, 6.07) is 19.7. The Morgan fingerprint density at radius 1 is 1.00 bits per heavy atom. The molecular formula is C27H36N3O3+. The third-order valence-electron chi connectivity index (χ3n) is 6.69. The van der Waals surface area contributed by atoms with Crippen molar-refractivity contribution in [2.24, 2.45) is 5.92 Å². The van der Waals surface area contributed by atoms with Crippen LogP contribution in [0.1, 0.15) is 55.8 Å². The van der Waals surface area contributed by atoms with E-state index in [-0.39, 0.29) is 5.92 Å². The van der Waals surface area contributed by atoms with Gasteiger partial charge < -0.3 is 18.8 Å². The van der Waals surface area contributed by atoms with Crippen LogP contribution in [0.3, 0.4) is 0 Å². The fourth-order valence-electron chi connectivity index (χ4n) is 4.88. The SMILES string of the molecule is C[N+](C)(CCCOc1ccccc1)Cc1noc(C(O)(c2ccccc2)C2CCCCC2)n1. The summed E-state index contributed by atoms with van der Waals surface area (Å²) in [6.45, 7) is 2.21. The predicted octanol–water partition coefficient (Wildman–Crippen LogP) is 4.93. The highest BCUT2D eigenvalue weighted by atomic mass is 16.5. The topological polar surface area (TPSA) is 68.4 Å². The molecule has 1 aromatic heterocycles. The summed E-state index contributed by atoms with van der Waals surface area (Å²) in [5, 5.41) is 16.2. The number of para-hydroxylation sites is 1. The second kappa shape index (κ2) is 10.5. The van der Waals surface area contributed by atoms with Gasteiger partial charge in [-0.3, -0.25) is 0 Å². The summed E-state index contributed by atoms with van der Waals surface area (Å²) in [4.78, 5) is 4.72. The van der Waals surface area contributed by atoms with Gasteiger partial charge in [-0.15, -0.1) is 0 Å². The Morgan fingerprint density at radius 2 is 1.67 bits per heavy atom. The first-order valence-corrected chi connectivity index (χ1v) is 12.1. The largest absolute Gasteiger partial charge is 0.493 e. The number of hydrogen-bond acceptors (Lipinski definition) is 5. The van der Waals surface area contributed by atoms with E-state index < -0.39 is 5.60 Å². The molecule has 3 aromatic rings. The van der Waals surface area contributed by atoms with Crippen LogP contribution in [0, 0.1) is 5.92 Å². The predicted molar refractivity (Wildman–Crippen MR) is 128 cm³/mol. The van der Waals surface area contributed by atoms with E-state index in [1.807, 2.05) is 60.7 Å². The summed E-state index contributed by atoms with van der Waals surface area (Å²) in [6.07, 6.45) is 6.31. The Balaban J connectivity index is 1.42. The zero-order chi connectivity index (χ0) is 23.2. The lowest BCUT2D eigenvalue weighted by Gasteiger charge is -2.36. The van der Waals surface area contributed by atoms with Crippen molar-refractivity contribution in [1.82, 2.24) is 10.1 Å². The fourth-order valence-corrected chi connectivity index (χ4v) is 4.88. The number of quaternary nitrogens is 1. The Kier molecular flexibility index (Phi) is 7.46. The number of ether oxygens (including phenoxy) is 1. The molecule has 1 aliphatic carbocycles. The first-order valence-electron chi connectivity index (χ1n) is 12.1. The van der Waals surface area contributed by atoms with Crippen molar-refractivity contribution >= 4 is 0 Å². The van der Waals surface area contributed by atoms with Crippen molar-refractivity contribution in [2.45, 2.75) is 50.7 Å². The summed E-state index contributed by atoms with van der Waals surface area (Å²) < 4.78 is 12.3. The maximum atomic E-state index is 12.0. The van der Waals surface area contributed by atoms with Crippen molar-refractivity contribution in [1.29, 1.82) is 0 Å². The molecule has 6 nitrogen and oxygen atoms in total. The highest BCUT2D eigenvalue weighted by molar-refractivity contribution is 5.29. The Bertz CT molecular complexity index is 984. The number of benzene rings is 2. The molecular weight excluding hydrogens is 414 g/mol. The van der Waals surface area contributed by atoms with Crippen LogP contribution >= 0.6 is 0 Å². The Labute approximate surface area is 196 Å². The van der Waals surface area contributed by atoms with Crippen LogP contribution in [-0.2, 0) is 12.1 Å². The third-order valence-corrected chi connectivity index (χ3v) is 6.69. The van der Waals surface area contributed by atoms with Gasteiger partial charge in [0.2, 0.25) is 5.82 Å². The van der Waals surface area contributed by atoms with Crippen LogP contribution in [0.15, 0.2) is 65.2 Å². The van der Waals surface area contributed by atoms with Gasteiger partial charge in [0.1, 0.15) is 12.3 Å². The molecule has 2 aromatic carbocycles. The highest BCUT2D eigenvalue weighted by Crippen LogP contribution is 2.43. The molecule has 0 spiro atoms. The van der Waals surface area contributed by atoms with Gasteiger partial charge >= 0.3 is 0 Å². The fraction of sp³-hybridized carbons (Fsp3) is 0.481. The Hall–Kier alpha value is -2.70. The van der Waals surface area contributed by atoms with Gasteiger partial charge in [-0.25, -0.2) is 0 Å². The lowest BCUT2D eigenvalue weighted by atomic mass is 9.73. The molecule has 0 amide bonds. The molecule has 1 unspecified atom stereocenters. The number of rotatable bonds is 10. The summed E-state index contributed by atoms with van der Waals surface area (Å²) in [5.41, 5.74) is -0.410. The van der Waals surface area contributed by atoms with E-state index in [1.165, 1.54) is 6.42 Å². The molecule has 176 valence electrons. The zero-order valence-electron chi connectivity index (χ0n) is 19.8. The molecule has 1 saturated carbocycles. The minimum Gasteiger partial charge on any atom is -0.493 e. The molecule has 1 atom stereocenters. The van der Waals surface area contributed by atoms with E-state index in [4.69, 9.17) is 14.2 Å². The van der Waals surface area contributed by atoms with Crippen LogP contribution in [0.5, 0.6) is 5.75 Å². The quantitative estimate of drug-likeness (QED) is 0.350. The van der Waals surface area contributed by atoms with Crippen molar-refractivity contribution < 1.29 is 18.8 Å². The van der Waals surface area contributed by atoms with Gasteiger partial charge in [0.25, 0.3) is 5.89 Å². The van der Waals surface area contributed by atoms with Gasteiger partial charge in [0.15, 0.2) is 5.60 Å². The molecule has 1 heterocycles. The van der Waals surface area contributed by atoms with Crippen LogP contribution in [0.2, 0.25) is 0 Å². The van der Waals surface area contributed by atoms with Crippen molar-refractivity contribution in [2.75, 3.05) is 27.2 Å². The van der Waals surface area contributed by atoms with E-state index in [1.54, 1.807) is 0 Å². The smallest absolute Gasteiger partial charge is 0.263 e. The molecule has 6 heteroatoms. The van der Waals surface area contributed by atoms with Gasteiger partial charge in [0.05, 0.1) is 27.2 Å². The van der Waals surface area contributed by atoms with Crippen molar-refractivity contribution in [3.8, 4) is 5.75 Å². The second-order valence-corrected chi connectivity index (χ2v) is 9.82. The van der Waals surface area contributed by atoms with Crippen LogP contribution in [-0.4, -0.2) is 47.0 Å². The number of aliphatic hydroxyl groups is 1. The summed E-state index contributed by atoms with van der Waals surface area (Å²) in [7, 11) is 4.31. The third kappa shape index (κ3) is 5.81. The highest BCUT2D eigenvalue weighted by Gasteiger charge is 2.45. The zero-order valence-corrected chi connectivity index (χ0v) is 19.8. The molecule has 1 N–H and O–H groups in total. The Morgan fingerprint density at radius 3 is 2.36 bits per heavy atom. The van der Waals surface area contributed by atoms with E-state index in [0.717, 1.165) is 50.0 Å². The molecule has 1 fully saturated rings. The number of hydrogen-bond donors (Lipinski definition) is 1. The van der Waals surface area contributed by atoms with Gasteiger partial charge in [-0.1, -0.05) is 73.0 Å².